The highest BCUT2D eigenvalue weighted by Gasteiger charge is 2.57. The fraction of sp³-hybridized carbons (Fsp3) is 0.500. The van der Waals surface area contributed by atoms with Crippen molar-refractivity contribution in [1.29, 1.82) is 0 Å². The molecule has 106 valence electrons. The van der Waals surface area contributed by atoms with Crippen molar-refractivity contribution >= 4 is 11.5 Å². The van der Waals surface area contributed by atoms with Gasteiger partial charge in [0.15, 0.2) is 0 Å². The summed E-state index contributed by atoms with van der Waals surface area (Å²) >= 11 is 0. The highest BCUT2D eigenvalue weighted by Crippen LogP contribution is 2.52. The Labute approximate surface area is 114 Å². The number of halogens is 1. The monoisotopic (exact) mass is 279 g/mol. The third kappa shape index (κ3) is 1.87. The van der Waals surface area contributed by atoms with E-state index in [9.17, 15) is 19.3 Å². The van der Waals surface area contributed by atoms with Crippen LogP contribution in [0.25, 0.3) is 0 Å². The van der Waals surface area contributed by atoms with Crippen LogP contribution in [-0.4, -0.2) is 16.8 Å². The maximum Gasteiger partial charge on any atom is 0.305 e. The van der Waals surface area contributed by atoms with Crippen molar-refractivity contribution < 1.29 is 18.8 Å². The quantitative estimate of drug-likeness (QED) is 0.630. The van der Waals surface area contributed by atoms with E-state index in [0.29, 0.717) is 6.42 Å². The Morgan fingerprint density at radius 3 is 2.60 bits per heavy atom. The highest BCUT2D eigenvalue weighted by molar-refractivity contribution is 5.92. The molecule has 5 nitrogen and oxygen atoms in total. The molecule has 0 N–H and O–H groups in total. The molecule has 2 aliphatic carbocycles. The number of nitro groups is 1. The van der Waals surface area contributed by atoms with E-state index in [0.717, 1.165) is 37.8 Å². The minimum Gasteiger partial charge on any atom is -0.489 e. The number of carbonyl (C=O) groups excluding carboxylic acids is 1. The first-order valence-electron chi connectivity index (χ1n) is 6.67. The first kappa shape index (κ1) is 13.0. The molecule has 1 aromatic rings. The summed E-state index contributed by atoms with van der Waals surface area (Å²) in [6, 6.07) is 3.49. The zero-order valence-electron chi connectivity index (χ0n) is 10.8. The lowest BCUT2D eigenvalue weighted by Gasteiger charge is -2.44. The minimum atomic E-state index is -0.918. The standard InChI is InChI=1S/C14H14FNO4/c15-10-7-9(3-4-11(10)16(18)19)20-13-8-12(17)14(13)5-1-2-6-14/h3-4,7,13H,1-2,5-6,8H2. The second kappa shape index (κ2) is 4.54. The molecule has 1 aromatic carbocycles. The number of benzene rings is 1. The van der Waals surface area contributed by atoms with E-state index in [1.165, 1.54) is 6.07 Å². The molecule has 0 bridgehead atoms. The summed E-state index contributed by atoms with van der Waals surface area (Å²) in [4.78, 5) is 21.6. The van der Waals surface area contributed by atoms with Crippen LogP contribution in [-0.2, 0) is 4.79 Å². The molecular weight excluding hydrogens is 265 g/mol. The molecule has 20 heavy (non-hydrogen) atoms. The van der Waals surface area contributed by atoms with Gasteiger partial charge in [0.1, 0.15) is 17.6 Å². The first-order valence-corrected chi connectivity index (χ1v) is 6.67. The van der Waals surface area contributed by atoms with Crippen LogP contribution in [0.5, 0.6) is 5.75 Å². The summed E-state index contributed by atoms with van der Waals surface area (Å²) in [6.07, 6.45) is 3.80. The number of ether oxygens (including phenoxy) is 1. The van der Waals surface area contributed by atoms with Gasteiger partial charge in [-0.05, 0) is 18.9 Å². The number of rotatable bonds is 3. The molecule has 1 atom stereocenters. The van der Waals surface area contributed by atoms with Crippen molar-refractivity contribution in [3.63, 3.8) is 0 Å². The van der Waals surface area contributed by atoms with Crippen LogP contribution in [0.15, 0.2) is 18.2 Å². The number of nitrogens with zero attached hydrogens (tertiary/aromatic N) is 1. The summed E-state index contributed by atoms with van der Waals surface area (Å²) in [7, 11) is 0. The lowest BCUT2D eigenvalue weighted by atomic mass is 9.63. The zero-order valence-corrected chi connectivity index (χ0v) is 10.8. The van der Waals surface area contributed by atoms with Crippen LogP contribution >= 0.6 is 0 Å². The third-order valence-electron chi connectivity index (χ3n) is 4.43. The normalized spacial score (nSPS) is 23.6. The largest absolute Gasteiger partial charge is 0.489 e. The number of ketones is 1. The van der Waals surface area contributed by atoms with E-state index >= 15 is 0 Å². The van der Waals surface area contributed by atoms with Gasteiger partial charge in [0.25, 0.3) is 0 Å². The fourth-order valence-electron chi connectivity index (χ4n) is 3.25. The van der Waals surface area contributed by atoms with Crippen LogP contribution in [0, 0.1) is 21.3 Å². The van der Waals surface area contributed by atoms with Crippen molar-refractivity contribution in [3.8, 4) is 5.75 Å². The molecule has 0 saturated heterocycles. The van der Waals surface area contributed by atoms with Gasteiger partial charge in [-0.15, -0.1) is 0 Å². The van der Waals surface area contributed by atoms with Gasteiger partial charge in [0.2, 0.25) is 5.82 Å². The van der Waals surface area contributed by atoms with E-state index < -0.39 is 21.8 Å². The van der Waals surface area contributed by atoms with E-state index in [2.05, 4.69) is 0 Å². The van der Waals surface area contributed by atoms with Gasteiger partial charge in [-0.25, -0.2) is 0 Å². The third-order valence-corrected chi connectivity index (χ3v) is 4.43. The molecule has 0 aromatic heterocycles. The Morgan fingerprint density at radius 2 is 2.05 bits per heavy atom. The molecular formula is C14H14FNO4. The Kier molecular flexibility index (Phi) is 2.96. The molecule has 6 heteroatoms. The smallest absolute Gasteiger partial charge is 0.305 e. The van der Waals surface area contributed by atoms with E-state index in [-0.39, 0.29) is 17.6 Å². The van der Waals surface area contributed by atoms with Crippen molar-refractivity contribution in [2.75, 3.05) is 0 Å². The van der Waals surface area contributed by atoms with Gasteiger partial charge < -0.3 is 4.74 Å². The summed E-state index contributed by atoms with van der Waals surface area (Å²) in [6.45, 7) is 0. The molecule has 1 unspecified atom stereocenters. The van der Waals surface area contributed by atoms with Gasteiger partial charge in [0.05, 0.1) is 10.3 Å². The molecule has 2 saturated carbocycles. The molecule has 0 heterocycles. The zero-order chi connectivity index (χ0) is 14.3. The summed E-state index contributed by atoms with van der Waals surface area (Å²) < 4.78 is 19.2. The Hall–Kier alpha value is -1.98. The van der Waals surface area contributed by atoms with Gasteiger partial charge in [-0.2, -0.15) is 4.39 Å². The molecule has 1 spiro atoms. The van der Waals surface area contributed by atoms with Gasteiger partial charge in [-0.1, -0.05) is 12.8 Å². The molecule has 2 fully saturated rings. The van der Waals surface area contributed by atoms with Crippen LogP contribution in [0.1, 0.15) is 32.1 Å². The Morgan fingerprint density at radius 1 is 1.35 bits per heavy atom. The Balaban J connectivity index is 1.77. The van der Waals surface area contributed by atoms with Crippen molar-refractivity contribution in [2.24, 2.45) is 5.41 Å². The van der Waals surface area contributed by atoms with Crippen LogP contribution in [0.4, 0.5) is 10.1 Å². The number of nitro benzene ring substituents is 1. The van der Waals surface area contributed by atoms with Crippen molar-refractivity contribution in [1.82, 2.24) is 0 Å². The maximum absolute atomic E-state index is 13.5. The molecule has 0 aliphatic heterocycles. The van der Waals surface area contributed by atoms with E-state index in [1.54, 1.807) is 0 Å². The fourth-order valence-corrected chi connectivity index (χ4v) is 3.25. The van der Waals surface area contributed by atoms with Crippen LogP contribution < -0.4 is 4.74 Å². The predicted octanol–water partition coefficient (Wildman–Crippen LogP) is 3.01. The van der Waals surface area contributed by atoms with Gasteiger partial charge in [0, 0.05) is 18.6 Å². The van der Waals surface area contributed by atoms with Gasteiger partial charge in [-0.3, -0.25) is 14.9 Å². The predicted molar refractivity (Wildman–Crippen MR) is 68.0 cm³/mol. The number of carbonyl (C=O) groups is 1. The second-order valence-electron chi connectivity index (χ2n) is 5.47. The van der Waals surface area contributed by atoms with E-state index in [4.69, 9.17) is 4.74 Å². The Bertz CT molecular complexity index is 581. The topological polar surface area (TPSA) is 69.4 Å². The minimum absolute atomic E-state index is 0.224. The lowest BCUT2D eigenvalue weighted by Crippen LogP contribution is -2.55. The highest BCUT2D eigenvalue weighted by atomic mass is 19.1. The van der Waals surface area contributed by atoms with Gasteiger partial charge >= 0.3 is 5.69 Å². The van der Waals surface area contributed by atoms with Crippen LogP contribution in [0.3, 0.4) is 0 Å². The molecule has 3 rings (SSSR count). The number of hydrogen-bond acceptors (Lipinski definition) is 4. The summed E-state index contributed by atoms with van der Waals surface area (Å²) in [5, 5.41) is 10.5. The van der Waals surface area contributed by atoms with Crippen LogP contribution in [0.2, 0.25) is 0 Å². The lowest BCUT2D eigenvalue weighted by molar-refractivity contribution is -0.387. The maximum atomic E-state index is 13.5. The number of Topliss-reactive ketones (excluding diaryl/α,β-unsaturated/α-hetero) is 1. The average molecular weight is 279 g/mol. The SMILES string of the molecule is O=C1CC(Oc2ccc([N+](=O)[O-])c(F)c2)C12CCCC2. The summed E-state index contributed by atoms with van der Waals surface area (Å²) in [5.74, 6) is -0.446. The average Bonchev–Trinajstić information content (AvgIpc) is 2.90. The molecule has 0 amide bonds. The first-order chi connectivity index (χ1) is 9.53. The summed E-state index contributed by atoms with van der Waals surface area (Å²) in [5.41, 5.74) is -0.962. The number of hydrogen-bond donors (Lipinski definition) is 0. The van der Waals surface area contributed by atoms with Crippen molar-refractivity contribution in [2.45, 2.75) is 38.2 Å². The molecule has 0 radical (unpaired) electrons. The van der Waals surface area contributed by atoms with Crippen molar-refractivity contribution in [3.05, 3.63) is 34.1 Å². The molecule has 2 aliphatic rings. The van der Waals surface area contributed by atoms with E-state index in [1.807, 2.05) is 0 Å². The second-order valence-corrected chi connectivity index (χ2v) is 5.47.